The summed E-state index contributed by atoms with van der Waals surface area (Å²) < 4.78 is 27.0. The van der Waals surface area contributed by atoms with Crippen molar-refractivity contribution in [3.05, 3.63) is 34.2 Å². The number of hydrogen-bond acceptors (Lipinski definition) is 4. The van der Waals surface area contributed by atoms with E-state index in [4.69, 9.17) is 0 Å². The van der Waals surface area contributed by atoms with Gasteiger partial charge in [0.1, 0.15) is 0 Å². The van der Waals surface area contributed by atoms with E-state index < -0.39 is 10.0 Å². The molecule has 128 valence electrons. The van der Waals surface area contributed by atoms with Crippen molar-refractivity contribution in [1.29, 1.82) is 0 Å². The molecule has 0 saturated carbocycles. The van der Waals surface area contributed by atoms with E-state index in [0.29, 0.717) is 18.7 Å². The van der Waals surface area contributed by atoms with Crippen LogP contribution in [-0.4, -0.2) is 49.2 Å². The van der Waals surface area contributed by atoms with Crippen molar-refractivity contribution < 1.29 is 13.2 Å². The molecule has 1 aliphatic heterocycles. The first-order valence-electron chi connectivity index (χ1n) is 7.64. The topological polar surface area (TPSA) is 88.5 Å². The van der Waals surface area contributed by atoms with Crippen LogP contribution in [0.1, 0.15) is 30.1 Å². The van der Waals surface area contributed by atoms with Crippen LogP contribution in [0.4, 0.5) is 0 Å². The molecule has 1 fully saturated rings. The molecule has 2 heterocycles. The van der Waals surface area contributed by atoms with Crippen molar-refractivity contribution in [2.45, 2.75) is 25.8 Å². The minimum absolute atomic E-state index is 0.103. The summed E-state index contributed by atoms with van der Waals surface area (Å²) in [6.07, 6.45) is 4.42. The van der Waals surface area contributed by atoms with Crippen molar-refractivity contribution >= 4 is 15.9 Å². The fourth-order valence-electron chi connectivity index (χ4n) is 3.01. The monoisotopic (exact) mass is 341 g/mol. The first-order valence-corrected chi connectivity index (χ1v) is 9.53. The Morgan fingerprint density at radius 1 is 1.35 bits per heavy atom. The maximum absolute atomic E-state index is 12.6. The molecule has 1 saturated heterocycles. The number of sulfonamides is 1. The molecule has 0 bridgehead atoms. The molecule has 2 rings (SSSR count). The van der Waals surface area contributed by atoms with Gasteiger partial charge in [0, 0.05) is 38.4 Å². The minimum atomic E-state index is -3.32. The van der Waals surface area contributed by atoms with Crippen LogP contribution in [-0.2, 0) is 17.1 Å². The number of hydrogen-bond donors (Lipinski definition) is 1. The van der Waals surface area contributed by atoms with Gasteiger partial charge in [-0.15, -0.1) is 0 Å². The van der Waals surface area contributed by atoms with E-state index in [2.05, 4.69) is 4.72 Å². The molecule has 1 N–H and O–H groups in total. The summed E-state index contributed by atoms with van der Waals surface area (Å²) in [5.74, 6) is -0.0780. The lowest BCUT2D eigenvalue weighted by Crippen LogP contribution is -2.40. The molecule has 23 heavy (non-hydrogen) atoms. The van der Waals surface area contributed by atoms with Gasteiger partial charge in [-0.3, -0.25) is 9.59 Å². The Morgan fingerprint density at radius 2 is 2.04 bits per heavy atom. The second-order valence-corrected chi connectivity index (χ2v) is 7.90. The number of rotatable bonds is 5. The smallest absolute Gasteiger partial charge is 0.255 e. The van der Waals surface area contributed by atoms with Gasteiger partial charge < -0.3 is 9.47 Å². The Hall–Kier alpha value is -1.67. The predicted molar refractivity (Wildman–Crippen MR) is 87.8 cm³/mol. The van der Waals surface area contributed by atoms with Gasteiger partial charge in [0.05, 0.1) is 11.8 Å². The first kappa shape index (κ1) is 17.7. The van der Waals surface area contributed by atoms with Gasteiger partial charge in [-0.05, 0) is 18.4 Å². The van der Waals surface area contributed by atoms with E-state index in [0.717, 1.165) is 19.1 Å². The highest BCUT2D eigenvalue weighted by Gasteiger charge is 2.36. The third-order valence-corrected chi connectivity index (χ3v) is 4.82. The maximum atomic E-state index is 12.6. The number of nitrogens with one attached hydrogen (secondary N) is 1. The van der Waals surface area contributed by atoms with E-state index in [-0.39, 0.29) is 23.4 Å². The average Bonchev–Trinajstić information content (AvgIpc) is 2.82. The zero-order chi connectivity index (χ0) is 17.2. The number of carbonyl (C=O) groups is 1. The molecule has 0 radical (unpaired) electrons. The zero-order valence-corrected chi connectivity index (χ0v) is 14.5. The van der Waals surface area contributed by atoms with Crippen LogP contribution in [0.25, 0.3) is 0 Å². The van der Waals surface area contributed by atoms with Crippen LogP contribution in [0.3, 0.4) is 0 Å². The predicted octanol–water partition coefficient (Wildman–Crippen LogP) is 0.175. The fourth-order valence-corrected chi connectivity index (χ4v) is 3.83. The third-order valence-electron chi connectivity index (χ3n) is 4.09. The molecule has 1 amide bonds. The lowest BCUT2D eigenvalue weighted by Gasteiger charge is -2.17. The number of pyridine rings is 1. The Kier molecular flexibility index (Phi) is 5.26. The molecular formula is C15H23N3O4S. The molecule has 0 unspecified atom stereocenters. The van der Waals surface area contributed by atoms with Crippen LogP contribution in [0.15, 0.2) is 23.1 Å². The highest BCUT2D eigenvalue weighted by Crippen LogP contribution is 2.23. The molecular weight excluding hydrogens is 318 g/mol. The molecule has 8 heteroatoms. The Bertz CT molecular complexity index is 741. The summed E-state index contributed by atoms with van der Waals surface area (Å²) in [5.41, 5.74) is 0.255. The van der Waals surface area contributed by atoms with Crippen molar-refractivity contribution in [3.8, 4) is 0 Å². The van der Waals surface area contributed by atoms with E-state index in [1.165, 1.54) is 22.9 Å². The zero-order valence-electron chi connectivity index (χ0n) is 13.7. The van der Waals surface area contributed by atoms with E-state index in [1.54, 1.807) is 11.9 Å². The van der Waals surface area contributed by atoms with Gasteiger partial charge in [-0.1, -0.05) is 13.3 Å². The van der Waals surface area contributed by atoms with E-state index >= 15 is 0 Å². The van der Waals surface area contributed by atoms with Gasteiger partial charge in [0.15, 0.2) is 0 Å². The summed E-state index contributed by atoms with van der Waals surface area (Å²) in [5, 5.41) is 0. The number of likely N-dealkylation sites (tertiary alicyclic amines) is 1. The Labute approximate surface area is 136 Å². The lowest BCUT2D eigenvalue weighted by molar-refractivity contribution is 0.0784. The van der Waals surface area contributed by atoms with Crippen molar-refractivity contribution in [2.75, 3.05) is 19.3 Å². The maximum Gasteiger partial charge on any atom is 0.255 e. The first-order chi connectivity index (χ1) is 10.7. The molecule has 2 atom stereocenters. The summed E-state index contributed by atoms with van der Waals surface area (Å²) in [6.45, 7) is 2.90. The quantitative estimate of drug-likeness (QED) is 0.827. The second-order valence-electron chi connectivity index (χ2n) is 6.12. The van der Waals surface area contributed by atoms with Gasteiger partial charge in [0.2, 0.25) is 15.6 Å². The van der Waals surface area contributed by atoms with Gasteiger partial charge >= 0.3 is 0 Å². The fraction of sp³-hybridized carbons (Fsp3) is 0.600. The average molecular weight is 341 g/mol. The van der Waals surface area contributed by atoms with Gasteiger partial charge in [-0.2, -0.15) is 0 Å². The van der Waals surface area contributed by atoms with Crippen LogP contribution < -0.4 is 10.3 Å². The number of aryl methyl sites for hydroxylation is 1. The van der Waals surface area contributed by atoms with Crippen LogP contribution in [0.5, 0.6) is 0 Å². The molecule has 0 aliphatic carbocycles. The van der Waals surface area contributed by atoms with Crippen molar-refractivity contribution in [3.63, 3.8) is 0 Å². The van der Waals surface area contributed by atoms with Crippen molar-refractivity contribution in [2.24, 2.45) is 13.0 Å². The standard InChI is InChI=1S/C15H23N3O4S/c1-4-5-11-9-18(10-13(11)16-23(3,21)22)15(20)12-6-7-14(19)17(2)8-12/h6-8,11,13,16H,4-5,9-10H2,1-3H3/t11-,13-/m0/s1. The summed E-state index contributed by atoms with van der Waals surface area (Å²) in [4.78, 5) is 25.7. The number of aromatic nitrogens is 1. The largest absolute Gasteiger partial charge is 0.337 e. The van der Waals surface area contributed by atoms with Crippen LogP contribution in [0.2, 0.25) is 0 Å². The highest BCUT2D eigenvalue weighted by molar-refractivity contribution is 7.88. The number of nitrogens with zero attached hydrogens (tertiary/aromatic N) is 2. The number of amides is 1. The van der Waals surface area contributed by atoms with E-state index in [1.807, 2.05) is 6.92 Å². The second kappa shape index (κ2) is 6.84. The molecule has 1 aliphatic rings. The molecule has 1 aromatic rings. The summed E-state index contributed by atoms with van der Waals surface area (Å²) in [7, 11) is -1.72. The van der Waals surface area contributed by atoms with Crippen LogP contribution in [0, 0.1) is 5.92 Å². The molecule has 0 aromatic carbocycles. The van der Waals surface area contributed by atoms with Crippen LogP contribution >= 0.6 is 0 Å². The normalized spacial score (nSPS) is 21.6. The van der Waals surface area contributed by atoms with E-state index in [9.17, 15) is 18.0 Å². The van der Waals surface area contributed by atoms with Crippen molar-refractivity contribution in [1.82, 2.24) is 14.2 Å². The molecule has 7 nitrogen and oxygen atoms in total. The minimum Gasteiger partial charge on any atom is -0.337 e. The van der Waals surface area contributed by atoms with Gasteiger partial charge in [-0.25, -0.2) is 13.1 Å². The SMILES string of the molecule is CCC[C@H]1CN(C(=O)c2ccc(=O)n(C)c2)C[C@@H]1NS(C)(=O)=O. The summed E-state index contributed by atoms with van der Waals surface area (Å²) >= 11 is 0. The molecule has 0 spiro atoms. The number of carbonyl (C=O) groups excluding carboxylic acids is 1. The Balaban J connectivity index is 2.18. The summed E-state index contributed by atoms with van der Waals surface area (Å²) in [6, 6.07) is 2.61. The third kappa shape index (κ3) is 4.42. The van der Waals surface area contributed by atoms with Gasteiger partial charge in [0.25, 0.3) is 5.91 Å². The lowest BCUT2D eigenvalue weighted by atomic mass is 9.99. The highest BCUT2D eigenvalue weighted by atomic mass is 32.2. The molecule has 1 aromatic heterocycles. The Morgan fingerprint density at radius 3 is 2.61 bits per heavy atom.